The summed E-state index contributed by atoms with van der Waals surface area (Å²) in [4.78, 5) is 0. The Morgan fingerprint density at radius 3 is 3.00 bits per heavy atom. The predicted octanol–water partition coefficient (Wildman–Crippen LogP) is 2.80. The lowest BCUT2D eigenvalue weighted by Gasteiger charge is -2.22. The lowest BCUT2D eigenvalue weighted by Crippen LogP contribution is -2.22. The normalized spacial score (nSPS) is 24.2. The van der Waals surface area contributed by atoms with Gasteiger partial charge in [-0.15, -0.1) is 0 Å². The maximum absolute atomic E-state index is 9.10. The van der Waals surface area contributed by atoms with Gasteiger partial charge in [0.1, 0.15) is 0 Å². The van der Waals surface area contributed by atoms with Crippen LogP contribution in [0, 0.1) is 0 Å². The molecule has 1 rings (SSSR count). The van der Waals surface area contributed by atoms with Gasteiger partial charge in [0.05, 0.1) is 12.7 Å². The number of aliphatic hydroxyl groups excluding tert-OH is 1. The lowest BCUT2D eigenvalue weighted by molar-refractivity contribution is -0.155. The molecule has 0 bridgehead atoms. The molecule has 0 amide bonds. The van der Waals surface area contributed by atoms with Crippen molar-refractivity contribution in [3.05, 3.63) is 23.8 Å². The van der Waals surface area contributed by atoms with E-state index in [-0.39, 0.29) is 12.4 Å². The highest BCUT2D eigenvalue weighted by molar-refractivity contribution is 5.15. The first-order chi connectivity index (χ1) is 8.18. The van der Waals surface area contributed by atoms with Crippen LogP contribution in [0.2, 0.25) is 0 Å². The van der Waals surface area contributed by atoms with Crippen LogP contribution in [0.3, 0.4) is 0 Å². The first-order valence-corrected chi connectivity index (χ1v) is 6.43. The molecule has 3 nitrogen and oxygen atoms in total. The third kappa shape index (κ3) is 7.31. The minimum absolute atomic E-state index is 0.0192. The molecular weight excluding hydrogens is 216 g/mol. The average Bonchev–Trinajstić information content (AvgIpc) is 2.30. The topological polar surface area (TPSA) is 38.7 Å². The van der Waals surface area contributed by atoms with Gasteiger partial charge >= 0.3 is 0 Å². The molecule has 1 heterocycles. The second-order valence-corrected chi connectivity index (χ2v) is 4.56. The van der Waals surface area contributed by atoms with Crippen molar-refractivity contribution in [2.24, 2.45) is 0 Å². The first-order valence-electron chi connectivity index (χ1n) is 6.43. The fraction of sp³-hybridized carbons (Fsp3) is 0.714. The molecule has 2 atom stereocenters. The summed E-state index contributed by atoms with van der Waals surface area (Å²) in [7, 11) is 0. The molecule has 1 saturated heterocycles. The molecular formula is C14H24O3. The quantitative estimate of drug-likeness (QED) is 0.726. The molecule has 1 fully saturated rings. The van der Waals surface area contributed by atoms with Gasteiger partial charge in [0.2, 0.25) is 0 Å². The molecule has 1 N–H and O–H groups in total. The predicted molar refractivity (Wildman–Crippen MR) is 68.7 cm³/mol. The molecule has 1 aliphatic heterocycles. The van der Waals surface area contributed by atoms with Gasteiger partial charge < -0.3 is 14.6 Å². The molecule has 17 heavy (non-hydrogen) atoms. The van der Waals surface area contributed by atoms with Crippen LogP contribution in [-0.4, -0.2) is 30.7 Å². The first kappa shape index (κ1) is 14.4. The van der Waals surface area contributed by atoms with E-state index in [1.165, 1.54) is 6.42 Å². The van der Waals surface area contributed by atoms with Crippen LogP contribution in [0.25, 0.3) is 0 Å². The Kier molecular flexibility index (Phi) is 7.17. The van der Waals surface area contributed by atoms with Gasteiger partial charge in [-0.1, -0.05) is 23.8 Å². The Morgan fingerprint density at radius 2 is 2.35 bits per heavy atom. The van der Waals surface area contributed by atoms with Crippen LogP contribution in [-0.2, 0) is 9.47 Å². The van der Waals surface area contributed by atoms with Crippen molar-refractivity contribution >= 4 is 0 Å². The van der Waals surface area contributed by atoms with E-state index in [0.29, 0.717) is 13.0 Å². The molecule has 1 aliphatic rings. The highest BCUT2D eigenvalue weighted by atomic mass is 16.7. The third-order valence-electron chi connectivity index (χ3n) is 2.68. The molecule has 0 spiro atoms. The molecule has 0 saturated carbocycles. The van der Waals surface area contributed by atoms with Crippen LogP contribution in [0.5, 0.6) is 0 Å². The van der Waals surface area contributed by atoms with Crippen molar-refractivity contribution in [2.45, 2.75) is 51.9 Å². The van der Waals surface area contributed by atoms with E-state index < -0.39 is 0 Å². The summed E-state index contributed by atoms with van der Waals surface area (Å²) in [5.41, 5.74) is 1.15. The summed E-state index contributed by atoms with van der Waals surface area (Å²) in [6.07, 6.45) is 9.78. The second-order valence-electron chi connectivity index (χ2n) is 4.56. The van der Waals surface area contributed by atoms with Crippen LogP contribution in [0.4, 0.5) is 0 Å². The van der Waals surface area contributed by atoms with E-state index in [4.69, 9.17) is 14.6 Å². The number of hydrogen-bond donors (Lipinski definition) is 1. The zero-order chi connectivity index (χ0) is 12.5. The van der Waals surface area contributed by atoms with Gasteiger partial charge in [0.25, 0.3) is 0 Å². The molecule has 2 unspecified atom stereocenters. The highest BCUT2D eigenvalue weighted by Crippen LogP contribution is 2.13. The molecule has 98 valence electrons. The SMILES string of the molecule is CC(=C/COC1CCCCO1)/C=C/CC(C)O. The van der Waals surface area contributed by atoms with Gasteiger partial charge in [-0.25, -0.2) is 0 Å². The summed E-state index contributed by atoms with van der Waals surface area (Å²) in [6.45, 7) is 5.23. The maximum atomic E-state index is 9.10. The standard InChI is InChI=1S/C14H24O3/c1-12(6-5-7-13(2)15)9-11-17-14-8-3-4-10-16-14/h5-6,9,13-15H,3-4,7-8,10-11H2,1-2H3/b6-5+,12-9-. The second kappa shape index (κ2) is 8.45. The van der Waals surface area contributed by atoms with Gasteiger partial charge in [0.15, 0.2) is 6.29 Å². The average molecular weight is 240 g/mol. The number of rotatable bonds is 6. The zero-order valence-corrected chi connectivity index (χ0v) is 10.9. The van der Waals surface area contributed by atoms with Crippen LogP contribution in [0.15, 0.2) is 23.8 Å². The van der Waals surface area contributed by atoms with Gasteiger partial charge in [0, 0.05) is 6.61 Å². The lowest BCUT2D eigenvalue weighted by atomic mass is 10.2. The minimum atomic E-state index is -0.272. The van der Waals surface area contributed by atoms with Crippen LogP contribution in [0.1, 0.15) is 39.5 Å². The van der Waals surface area contributed by atoms with E-state index in [0.717, 1.165) is 25.0 Å². The van der Waals surface area contributed by atoms with Crippen molar-refractivity contribution in [3.63, 3.8) is 0 Å². The molecule has 0 aromatic carbocycles. The smallest absolute Gasteiger partial charge is 0.157 e. The van der Waals surface area contributed by atoms with Crippen molar-refractivity contribution in [3.8, 4) is 0 Å². The monoisotopic (exact) mass is 240 g/mol. The summed E-state index contributed by atoms with van der Waals surface area (Å²) in [6, 6.07) is 0. The highest BCUT2D eigenvalue weighted by Gasteiger charge is 2.12. The molecule has 3 heteroatoms. The number of allylic oxidation sites excluding steroid dienone is 2. The number of ether oxygens (including phenoxy) is 2. The largest absolute Gasteiger partial charge is 0.393 e. The summed E-state index contributed by atoms with van der Waals surface area (Å²) >= 11 is 0. The van der Waals surface area contributed by atoms with E-state index >= 15 is 0 Å². The summed E-state index contributed by atoms with van der Waals surface area (Å²) in [5, 5.41) is 9.10. The van der Waals surface area contributed by atoms with Gasteiger partial charge in [-0.05, 0) is 39.5 Å². The van der Waals surface area contributed by atoms with Gasteiger partial charge in [-0.3, -0.25) is 0 Å². The number of aliphatic hydroxyl groups is 1. The summed E-state index contributed by atoms with van der Waals surface area (Å²) < 4.78 is 11.1. The van der Waals surface area contributed by atoms with E-state index in [2.05, 4.69) is 0 Å². The Balaban J connectivity index is 2.15. The minimum Gasteiger partial charge on any atom is -0.393 e. The van der Waals surface area contributed by atoms with E-state index in [1.54, 1.807) is 6.92 Å². The third-order valence-corrected chi connectivity index (χ3v) is 2.68. The molecule has 0 aliphatic carbocycles. The Morgan fingerprint density at radius 1 is 1.53 bits per heavy atom. The zero-order valence-electron chi connectivity index (χ0n) is 10.9. The fourth-order valence-electron chi connectivity index (χ4n) is 1.65. The van der Waals surface area contributed by atoms with Crippen molar-refractivity contribution in [2.75, 3.05) is 13.2 Å². The Labute approximate surface area is 104 Å². The van der Waals surface area contributed by atoms with Crippen molar-refractivity contribution < 1.29 is 14.6 Å². The van der Waals surface area contributed by atoms with Gasteiger partial charge in [-0.2, -0.15) is 0 Å². The van der Waals surface area contributed by atoms with Crippen LogP contribution < -0.4 is 0 Å². The molecule has 0 aromatic heterocycles. The van der Waals surface area contributed by atoms with E-state index in [1.807, 2.05) is 25.2 Å². The Bertz CT molecular complexity index is 250. The number of hydrogen-bond acceptors (Lipinski definition) is 3. The van der Waals surface area contributed by atoms with Crippen LogP contribution >= 0.6 is 0 Å². The fourth-order valence-corrected chi connectivity index (χ4v) is 1.65. The van der Waals surface area contributed by atoms with Crippen molar-refractivity contribution in [1.29, 1.82) is 0 Å². The van der Waals surface area contributed by atoms with E-state index in [9.17, 15) is 0 Å². The Hall–Kier alpha value is -0.640. The molecule has 0 aromatic rings. The van der Waals surface area contributed by atoms with Crippen molar-refractivity contribution in [1.82, 2.24) is 0 Å². The molecule has 0 radical (unpaired) electrons. The summed E-state index contributed by atoms with van der Waals surface area (Å²) in [5.74, 6) is 0. The maximum Gasteiger partial charge on any atom is 0.157 e.